The van der Waals surface area contributed by atoms with Crippen molar-refractivity contribution in [3.63, 3.8) is 0 Å². The van der Waals surface area contributed by atoms with Crippen LogP contribution in [0.5, 0.6) is 0 Å². The molecule has 4 nitrogen and oxygen atoms in total. The molecule has 0 spiro atoms. The highest BCUT2D eigenvalue weighted by atomic mass is 15.1. The lowest BCUT2D eigenvalue weighted by molar-refractivity contribution is 0.592. The standard InChI is InChI=1S/C14H20N4/c1-3-7-18-8-6-17-14(18)10-12(15)13-9-11(2)4-5-16-13/h4-6,8-9,12H,3,7,10,15H2,1-2H3. The van der Waals surface area contributed by atoms with Crippen LogP contribution >= 0.6 is 0 Å². The molecule has 0 saturated carbocycles. The van der Waals surface area contributed by atoms with Gasteiger partial charge in [-0.2, -0.15) is 0 Å². The van der Waals surface area contributed by atoms with Crippen LogP contribution in [-0.2, 0) is 13.0 Å². The number of hydrogen-bond acceptors (Lipinski definition) is 3. The molecule has 0 aromatic carbocycles. The van der Waals surface area contributed by atoms with Crippen LogP contribution in [0.3, 0.4) is 0 Å². The van der Waals surface area contributed by atoms with E-state index in [0.717, 1.165) is 30.9 Å². The Kier molecular flexibility index (Phi) is 4.10. The molecule has 2 heterocycles. The predicted molar refractivity (Wildman–Crippen MR) is 72.1 cm³/mol. The van der Waals surface area contributed by atoms with E-state index in [-0.39, 0.29) is 6.04 Å². The van der Waals surface area contributed by atoms with E-state index >= 15 is 0 Å². The number of aryl methyl sites for hydroxylation is 2. The fourth-order valence-electron chi connectivity index (χ4n) is 2.04. The van der Waals surface area contributed by atoms with Gasteiger partial charge in [-0.1, -0.05) is 6.92 Å². The van der Waals surface area contributed by atoms with Crippen LogP contribution in [0.2, 0.25) is 0 Å². The van der Waals surface area contributed by atoms with Crippen LogP contribution in [0.25, 0.3) is 0 Å². The minimum atomic E-state index is -0.0945. The maximum atomic E-state index is 6.20. The number of aromatic nitrogens is 3. The van der Waals surface area contributed by atoms with Crippen LogP contribution in [0, 0.1) is 6.92 Å². The number of imidazole rings is 1. The summed E-state index contributed by atoms with van der Waals surface area (Å²) in [7, 11) is 0. The fraction of sp³-hybridized carbons (Fsp3) is 0.429. The third kappa shape index (κ3) is 2.96. The van der Waals surface area contributed by atoms with E-state index in [9.17, 15) is 0 Å². The van der Waals surface area contributed by atoms with Gasteiger partial charge in [0.25, 0.3) is 0 Å². The van der Waals surface area contributed by atoms with Gasteiger partial charge in [0.1, 0.15) is 5.82 Å². The molecule has 0 aliphatic heterocycles. The Hall–Kier alpha value is -1.68. The zero-order valence-electron chi connectivity index (χ0n) is 11.0. The summed E-state index contributed by atoms with van der Waals surface area (Å²) in [6, 6.07) is 3.93. The van der Waals surface area contributed by atoms with Crippen molar-refractivity contribution in [3.05, 3.63) is 47.8 Å². The van der Waals surface area contributed by atoms with Crippen LogP contribution < -0.4 is 5.73 Å². The normalized spacial score (nSPS) is 12.6. The molecule has 2 rings (SSSR count). The first-order valence-electron chi connectivity index (χ1n) is 6.39. The Morgan fingerprint density at radius 1 is 1.33 bits per heavy atom. The van der Waals surface area contributed by atoms with Gasteiger partial charge in [0, 0.05) is 31.6 Å². The minimum absolute atomic E-state index is 0.0945. The first kappa shape index (κ1) is 12.8. The third-order valence-electron chi connectivity index (χ3n) is 2.99. The van der Waals surface area contributed by atoms with Gasteiger partial charge in [0.2, 0.25) is 0 Å². The molecule has 0 saturated heterocycles. The van der Waals surface area contributed by atoms with Gasteiger partial charge in [0.15, 0.2) is 0 Å². The predicted octanol–water partition coefficient (Wildman–Crippen LogP) is 2.24. The molecule has 0 bridgehead atoms. The van der Waals surface area contributed by atoms with Crippen molar-refractivity contribution in [3.8, 4) is 0 Å². The molecule has 18 heavy (non-hydrogen) atoms. The first-order valence-corrected chi connectivity index (χ1v) is 6.39. The van der Waals surface area contributed by atoms with Gasteiger partial charge in [-0.15, -0.1) is 0 Å². The van der Waals surface area contributed by atoms with Crippen molar-refractivity contribution in [1.29, 1.82) is 0 Å². The lowest BCUT2D eigenvalue weighted by atomic mass is 10.1. The van der Waals surface area contributed by atoms with E-state index in [0.29, 0.717) is 0 Å². The smallest absolute Gasteiger partial charge is 0.110 e. The van der Waals surface area contributed by atoms with Crippen molar-refractivity contribution in [2.75, 3.05) is 0 Å². The zero-order chi connectivity index (χ0) is 13.0. The van der Waals surface area contributed by atoms with Crippen LogP contribution in [0.15, 0.2) is 30.7 Å². The van der Waals surface area contributed by atoms with E-state index in [1.807, 2.05) is 30.7 Å². The van der Waals surface area contributed by atoms with Crippen molar-refractivity contribution >= 4 is 0 Å². The Balaban J connectivity index is 2.11. The summed E-state index contributed by atoms with van der Waals surface area (Å²) >= 11 is 0. The average Bonchev–Trinajstić information content (AvgIpc) is 2.77. The van der Waals surface area contributed by atoms with Gasteiger partial charge in [-0.25, -0.2) is 4.98 Å². The molecule has 0 amide bonds. The van der Waals surface area contributed by atoms with E-state index in [4.69, 9.17) is 5.73 Å². The van der Waals surface area contributed by atoms with Gasteiger partial charge >= 0.3 is 0 Å². The highest BCUT2D eigenvalue weighted by Gasteiger charge is 2.12. The second-order valence-corrected chi connectivity index (χ2v) is 4.61. The van der Waals surface area contributed by atoms with Crippen molar-refractivity contribution in [2.45, 2.75) is 39.3 Å². The molecule has 0 aliphatic carbocycles. The first-order chi connectivity index (χ1) is 8.70. The maximum Gasteiger partial charge on any atom is 0.110 e. The lowest BCUT2D eigenvalue weighted by Crippen LogP contribution is -2.17. The third-order valence-corrected chi connectivity index (χ3v) is 2.99. The molecule has 0 aliphatic rings. The van der Waals surface area contributed by atoms with E-state index in [1.54, 1.807) is 0 Å². The Labute approximate surface area is 108 Å². The monoisotopic (exact) mass is 244 g/mol. The zero-order valence-corrected chi connectivity index (χ0v) is 11.0. The highest BCUT2D eigenvalue weighted by molar-refractivity contribution is 5.18. The van der Waals surface area contributed by atoms with E-state index in [1.165, 1.54) is 5.56 Å². The topological polar surface area (TPSA) is 56.7 Å². The largest absolute Gasteiger partial charge is 0.335 e. The maximum absolute atomic E-state index is 6.20. The molecule has 2 aromatic rings. The average molecular weight is 244 g/mol. The van der Waals surface area contributed by atoms with E-state index < -0.39 is 0 Å². The Morgan fingerprint density at radius 3 is 2.89 bits per heavy atom. The lowest BCUT2D eigenvalue weighted by Gasteiger charge is -2.12. The summed E-state index contributed by atoms with van der Waals surface area (Å²) in [6.45, 7) is 5.20. The summed E-state index contributed by atoms with van der Waals surface area (Å²) < 4.78 is 2.16. The summed E-state index contributed by atoms with van der Waals surface area (Å²) in [5.74, 6) is 1.03. The Bertz CT molecular complexity index is 504. The molecular formula is C14H20N4. The number of hydrogen-bond donors (Lipinski definition) is 1. The van der Waals surface area contributed by atoms with Crippen molar-refractivity contribution in [1.82, 2.24) is 14.5 Å². The van der Waals surface area contributed by atoms with Gasteiger partial charge in [0.05, 0.1) is 11.7 Å². The molecule has 2 aromatic heterocycles. The fourth-order valence-corrected chi connectivity index (χ4v) is 2.04. The Morgan fingerprint density at radius 2 is 2.17 bits per heavy atom. The molecule has 1 atom stereocenters. The molecule has 0 radical (unpaired) electrons. The quantitative estimate of drug-likeness (QED) is 0.877. The number of rotatable bonds is 5. The van der Waals surface area contributed by atoms with Gasteiger partial charge in [-0.05, 0) is 31.0 Å². The molecule has 96 valence electrons. The second-order valence-electron chi connectivity index (χ2n) is 4.61. The van der Waals surface area contributed by atoms with Gasteiger partial charge < -0.3 is 10.3 Å². The molecule has 4 heteroatoms. The minimum Gasteiger partial charge on any atom is -0.335 e. The number of nitrogens with zero attached hydrogens (tertiary/aromatic N) is 3. The molecule has 1 unspecified atom stereocenters. The van der Waals surface area contributed by atoms with Crippen LogP contribution in [0.1, 0.15) is 36.5 Å². The summed E-state index contributed by atoms with van der Waals surface area (Å²) in [6.07, 6.45) is 7.48. The molecular weight excluding hydrogens is 224 g/mol. The highest BCUT2D eigenvalue weighted by Crippen LogP contribution is 2.14. The van der Waals surface area contributed by atoms with Crippen molar-refractivity contribution in [2.24, 2.45) is 5.73 Å². The summed E-state index contributed by atoms with van der Waals surface area (Å²) in [5, 5.41) is 0. The summed E-state index contributed by atoms with van der Waals surface area (Å²) in [4.78, 5) is 8.71. The van der Waals surface area contributed by atoms with Crippen molar-refractivity contribution < 1.29 is 0 Å². The van der Waals surface area contributed by atoms with Crippen LogP contribution in [-0.4, -0.2) is 14.5 Å². The summed E-state index contributed by atoms with van der Waals surface area (Å²) in [5.41, 5.74) is 8.32. The van der Waals surface area contributed by atoms with E-state index in [2.05, 4.69) is 28.4 Å². The SMILES string of the molecule is CCCn1ccnc1CC(N)c1cc(C)ccn1. The molecule has 2 N–H and O–H groups in total. The molecule has 0 fully saturated rings. The van der Waals surface area contributed by atoms with Crippen LogP contribution in [0.4, 0.5) is 0 Å². The van der Waals surface area contributed by atoms with Gasteiger partial charge in [-0.3, -0.25) is 4.98 Å². The number of nitrogens with two attached hydrogens (primary N) is 1. The second kappa shape index (κ2) is 5.78. The number of pyridine rings is 1.